The first-order chi connectivity index (χ1) is 10.8. The van der Waals surface area contributed by atoms with Crippen molar-refractivity contribution in [3.8, 4) is 0 Å². The fourth-order valence-electron chi connectivity index (χ4n) is 2.58. The van der Waals surface area contributed by atoms with E-state index >= 15 is 0 Å². The molecular formula is C17H25BrN2O3. The van der Waals surface area contributed by atoms with Gasteiger partial charge >= 0.3 is 6.09 Å². The molecule has 2 unspecified atom stereocenters. The van der Waals surface area contributed by atoms with E-state index in [4.69, 9.17) is 15.2 Å². The van der Waals surface area contributed by atoms with Crippen molar-refractivity contribution < 1.29 is 14.3 Å². The van der Waals surface area contributed by atoms with E-state index < -0.39 is 5.60 Å². The molecule has 2 rings (SSSR count). The van der Waals surface area contributed by atoms with Crippen molar-refractivity contribution >= 4 is 22.0 Å². The Morgan fingerprint density at radius 3 is 2.83 bits per heavy atom. The van der Waals surface area contributed by atoms with Crippen molar-refractivity contribution in [2.45, 2.75) is 44.9 Å². The van der Waals surface area contributed by atoms with E-state index in [1.54, 1.807) is 4.90 Å². The van der Waals surface area contributed by atoms with Gasteiger partial charge in [0.25, 0.3) is 0 Å². The van der Waals surface area contributed by atoms with Gasteiger partial charge in [-0.1, -0.05) is 34.1 Å². The van der Waals surface area contributed by atoms with Gasteiger partial charge in [0.05, 0.1) is 19.3 Å². The molecule has 1 heterocycles. The first-order valence-corrected chi connectivity index (χ1v) is 8.63. The molecule has 5 nitrogen and oxygen atoms in total. The molecule has 1 amide bonds. The molecule has 1 aromatic carbocycles. The van der Waals surface area contributed by atoms with E-state index in [0.29, 0.717) is 26.2 Å². The summed E-state index contributed by atoms with van der Waals surface area (Å²) in [5.74, 6) is 0. The monoisotopic (exact) mass is 384 g/mol. The van der Waals surface area contributed by atoms with Crippen LogP contribution < -0.4 is 5.73 Å². The van der Waals surface area contributed by atoms with Gasteiger partial charge in [-0.2, -0.15) is 0 Å². The third-order valence-corrected chi connectivity index (χ3v) is 4.47. The second-order valence-corrected chi connectivity index (χ2v) is 7.63. The zero-order valence-corrected chi connectivity index (χ0v) is 15.5. The maximum Gasteiger partial charge on any atom is 0.410 e. The molecule has 1 aliphatic rings. The normalized spacial score (nSPS) is 20.2. The minimum atomic E-state index is -0.521. The highest BCUT2D eigenvalue weighted by molar-refractivity contribution is 9.10. The van der Waals surface area contributed by atoms with Crippen LogP contribution in [0.15, 0.2) is 28.7 Å². The third kappa shape index (κ3) is 5.19. The standard InChI is InChI=1S/C17H25BrN2O3/c1-17(2,3)23-16(21)20-8-9-22-11-15(20)14(19)10-12-6-4-5-7-13(12)18/h4-7,14-15H,8-11,19H2,1-3H3. The largest absolute Gasteiger partial charge is 0.444 e. The lowest BCUT2D eigenvalue weighted by Crippen LogP contribution is -2.58. The number of amides is 1. The minimum Gasteiger partial charge on any atom is -0.444 e. The third-order valence-electron chi connectivity index (χ3n) is 3.70. The molecule has 0 aromatic heterocycles. The maximum absolute atomic E-state index is 12.4. The average molecular weight is 385 g/mol. The van der Waals surface area contributed by atoms with Gasteiger partial charge in [0.2, 0.25) is 0 Å². The predicted octanol–water partition coefficient (Wildman–Crippen LogP) is 2.95. The SMILES string of the molecule is CC(C)(C)OC(=O)N1CCOCC1C(N)Cc1ccccc1Br. The molecule has 6 heteroatoms. The van der Waals surface area contributed by atoms with Gasteiger partial charge < -0.3 is 15.2 Å². The number of carbonyl (C=O) groups is 1. The fourth-order valence-corrected chi connectivity index (χ4v) is 3.03. The summed E-state index contributed by atoms with van der Waals surface area (Å²) >= 11 is 3.54. The molecule has 23 heavy (non-hydrogen) atoms. The van der Waals surface area contributed by atoms with Crippen molar-refractivity contribution in [3.05, 3.63) is 34.3 Å². The Hall–Kier alpha value is -1.11. The fraction of sp³-hybridized carbons (Fsp3) is 0.588. The molecule has 0 radical (unpaired) electrons. The number of hydrogen-bond donors (Lipinski definition) is 1. The lowest BCUT2D eigenvalue weighted by Gasteiger charge is -2.39. The Balaban J connectivity index is 2.08. The Bertz CT molecular complexity index is 545. The summed E-state index contributed by atoms with van der Waals surface area (Å²) in [4.78, 5) is 14.1. The molecule has 0 saturated carbocycles. The van der Waals surface area contributed by atoms with Crippen molar-refractivity contribution in [2.75, 3.05) is 19.8 Å². The van der Waals surface area contributed by atoms with Gasteiger partial charge in [0.1, 0.15) is 5.60 Å². The Labute approximate surface area is 146 Å². The number of hydrogen-bond acceptors (Lipinski definition) is 4. The molecule has 0 bridgehead atoms. The first kappa shape index (κ1) is 18.2. The van der Waals surface area contributed by atoms with Crippen LogP contribution in [0.3, 0.4) is 0 Å². The first-order valence-electron chi connectivity index (χ1n) is 7.84. The Morgan fingerprint density at radius 2 is 2.17 bits per heavy atom. The minimum absolute atomic E-state index is 0.189. The van der Waals surface area contributed by atoms with E-state index in [9.17, 15) is 4.79 Å². The quantitative estimate of drug-likeness (QED) is 0.869. The number of nitrogens with zero attached hydrogens (tertiary/aromatic N) is 1. The second-order valence-electron chi connectivity index (χ2n) is 6.78. The van der Waals surface area contributed by atoms with Crippen LogP contribution in [0.5, 0.6) is 0 Å². The Morgan fingerprint density at radius 1 is 1.48 bits per heavy atom. The number of rotatable bonds is 3. The summed E-state index contributed by atoms with van der Waals surface area (Å²) in [6, 6.07) is 7.56. The van der Waals surface area contributed by atoms with Crippen LogP contribution in [0.25, 0.3) is 0 Å². The highest BCUT2D eigenvalue weighted by Gasteiger charge is 2.34. The van der Waals surface area contributed by atoms with Gasteiger partial charge in [0, 0.05) is 17.1 Å². The van der Waals surface area contributed by atoms with Gasteiger partial charge in [-0.25, -0.2) is 4.79 Å². The Kier molecular flexibility index (Phi) is 6.06. The van der Waals surface area contributed by atoms with Gasteiger partial charge in [-0.15, -0.1) is 0 Å². The van der Waals surface area contributed by atoms with Crippen molar-refractivity contribution in [1.82, 2.24) is 4.90 Å². The van der Waals surface area contributed by atoms with Gasteiger partial charge in [-0.3, -0.25) is 4.90 Å². The lowest BCUT2D eigenvalue weighted by molar-refractivity contribution is -0.0378. The lowest BCUT2D eigenvalue weighted by atomic mass is 9.99. The van der Waals surface area contributed by atoms with Crippen LogP contribution in [0.1, 0.15) is 26.3 Å². The maximum atomic E-state index is 12.4. The molecule has 1 saturated heterocycles. The van der Waals surface area contributed by atoms with E-state index in [1.165, 1.54) is 0 Å². The molecule has 0 aliphatic carbocycles. The summed E-state index contributed by atoms with van der Waals surface area (Å²) < 4.78 is 12.1. The number of halogens is 1. The topological polar surface area (TPSA) is 64.8 Å². The van der Waals surface area contributed by atoms with Crippen LogP contribution in [0.2, 0.25) is 0 Å². The molecule has 1 aliphatic heterocycles. The molecule has 1 fully saturated rings. The number of ether oxygens (including phenoxy) is 2. The molecule has 2 atom stereocenters. The number of morpholine rings is 1. The van der Waals surface area contributed by atoms with Crippen molar-refractivity contribution in [3.63, 3.8) is 0 Å². The van der Waals surface area contributed by atoms with E-state index in [1.807, 2.05) is 45.0 Å². The molecular weight excluding hydrogens is 360 g/mol. The van der Waals surface area contributed by atoms with Gasteiger partial charge in [0.15, 0.2) is 0 Å². The van der Waals surface area contributed by atoms with Gasteiger partial charge in [-0.05, 0) is 38.8 Å². The van der Waals surface area contributed by atoms with E-state index in [-0.39, 0.29) is 18.2 Å². The summed E-state index contributed by atoms with van der Waals surface area (Å²) in [6.07, 6.45) is 0.336. The summed E-state index contributed by atoms with van der Waals surface area (Å²) in [5.41, 5.74) is 6.99. The van der Waals surface area contributed by atoms with E-state index in [2.05, 4.69) is 15.9 Å². The smallest absolute Gasteiger partial charge is 0.410 e. The highest BCUT2D eigenvalue weighted by Crippen LogP contribution is 2.21. The number of benzene rings is 1. The van der Waals surface area contributed by atoms with Crippen LogP contribution in [-0.4, -0.2) is 48.4 Å². The highest BCUT2D eigenvalue weighted by atomic mass is 79.9. The van der Waals surface area contributed by atoms with Crippen LogP contribution in [0.4, 0.5) is 4.79 Å². The predicted molar refractivity (Wildman–Crippen MR) is 93.4 cm³/mol. The molecule has 128 valence electrons. The molecule has 1 aromatic rings. The number of nitrogens with two attached hydrogens (primary N) is 1. The summed E-state index contributed by atoms with van der Waals surface area (Å²) in [5, 5.41) is 0. The van der Waals surface area contributed by atoms with Crippen molar-refractivity contribution in [1.29, 1.82) is 0 Å². The van der Waals surface area contributed by atoms with Crippen LogP contribution in [0, 0.1) is 0 Å². The molecule has 0 spiro atoms. The van der Waals surface area contributed by atoms with Crippen molar-refractivity contribution in [2.24, 2.45) is 5.73 Å². The summed E-state index contributed by atoms with van der Waals surface area (Å²) in [6.45, 7) is 7.04. The zero-order valence-electron chi connectivity index (χ0n) is 13.9. The van der Waals surface area contributed by atoms with E-state index in [0.717, 1.165) is 10.0 Å². The van der Waals surface area contributed by atoms with Crippen LogP contribution in [-0.2, 0) is 15.9 Å². The molecule has 2 N–H and O–H groups in total. The summed E-state index contributed by atoms with van der Waals surface area (Å²) in [7, 11) is 0. The number of carbonyl (C=O) groups excluding carboxylic acids is 1. The zero-order chi connectivity index (χ0) is 17.0. The average Bonchev–Trinajstić information content (AvgIpc) is 2.48. The second kappa shape index (κ2) is 7.64. The van der Waals surface area contributed by atoms with Crippen LogP contribution >= 0.6 is 15.9 Å².